The first-order valence-corrected chi connectivity index (χ1v) is 7.52. The fraction of sp³-hybridized carbons (Fsp3) is 0.353. The minimum Gasteiger partial charge on any atom is -0.392 e. The van der Waals surface area contributed by atoms with Gasteiger partial charge in [-0.15, -0.1) is 0 Å². The van der Waals surface area contributed by atoms with Crippen LogP contribution in [0.5, 0.6) is 0 Å². The van der Waals surface area contributed by atoms with Crippen molar-refractivity contribution in [2.45, 2.75) is 32.9 Å². The summed E-state index contributed by atoms with van der Waals surface area (Å²) in [7, 11) is 2.00. The van der Waals surface area contributed by atoms with E-state index in [9.17, 15) is 5.11 Å². The Morgan fingerprint density at radius 1 is 1.29 bits per heavy atom. The van der Waals surface area contributed by atoms with Gasteiger partial charge in [-0.2, -0.15) is 0 Å². The zero-order chi connectivity index (χ0) is 15.4. The van der Waals surface area contributed by atoms with Crippen molar-refractivity contribution in [3.8, 4) is 0 Å². The molecule has 0 radical (unpaired) electrons. The number of benzene rings is 1. The zero-order valence-corrected chi connectivity index (χ0v) is 13.4. The fourth-order valence-corrected chi connectivity index (χ4v) is 2.60. The lowest BCUT2D eigenvalue weighted by atomic mass is 10.1. The summed E-state index contributed by atoms with van der Waals surface area (Å²) in [6, 6.07) is 11.8. The summed E-state index contributed by atoms with van der Waals surface area (Å²) in [5.41, 5.74) is 2.93. The Balaban J connectivity index is 2.35. The summed E-state index contributed by atoms with van der Waals surface area (Å²) in [6.45, 7) is 4.18. The highest BCUT2D eigenvalue weighted by atomic mass is 35.5. The van der Waals surface area contributed by atoms with E-state index in [0.717, 1.165) is 34.1 Å². The van der Waals surface area contributed by atoms with Gasteiger partial charge in [0.05, 0.1) is 12.6 Å². The van der Waals surface area contributed by atoms with Crippen LogP contribution in [-0.4, -0.2) is 17.1 Å². The standard InChI is InChI=1S/C17H21ClN2O/c1-4-14-9-13(11-21)10-17(19-14)20(3)12(2)15-7-5-6-8-16(15)18/h5-10,12,21H,4,11H2,1-3H3. The maximum atomic E-state index is 9.40. The van der Waals surface area contributed by atoms with Gasteiger partial charge in [0.15, 0.2) is 0 Å². The van der Waals surface area contributed by atoms with E-state index in [4.69, 9.17) is 11.6 Å². The minimum atomic E-state index is 0.0246. The summed E-state index contributed by atoms with van der Waals surface area (Å²) >= 11 is 6.28. The molecule has 4 heteroatoms. The third-order valence-corrected chi connectivity index (χ3v) is 4.11. The van der Waals surface area contributed by atoms with E-state index in [1.165, 1.54) is 0 Å². The Morgan fingerprint density at radius 2 is 2.00 bits per heavy atom. The Hall–Kier alpha value is -1.58. The number of aromatic nitrogens is 1. The number of hydrogen-bond donors (Lipinski definition) is 1. The van der Waals surface area contributed by atoms with E-state index in [1.807, 2.05) is 43.4 Å². The summed E-state index contributed by atoms with van der Waals surface area (Å²) < 4.78 is 0. The molecular weight excluding hydrogens is 284 g/mol. The number of hydrogen-bond acceptors (Lipinski definition) is 3. The smallest absolute Gasteiger partial charge is 0.129 e. The molecule has 21 heavy (non-hydrogen) atoms. The van der Waals surface area contributed by atoms with Crippen LogP contribution in [0.4, 0.5) is 5.82 Å². The molecule has 1 aromatic heterocycles. The van der Waals surface area contributed by atoms with Crippen molar-refractivity contribution in [1.82, 2.24) is 4.98 Å². The average molecular weight is 305 g/mol. The van der Waals surface area contributed by atoms with E-state index in [2.05, 4.69) is 23.7 Å². The molecule has 0 fully saturated rings. The molecule has 1 atom stereocenters. The average Bonchev–Trinajstić information content (AvgIpc) is 2.53. The molecule has 0 bridgehead atoms. The normalized spacial score (nSPS) is 12.2. The second kappa shape index (κ2) is 6.92. The molecule has 0 saturated carbocycles. The molecule has 112 valence electrons. The van der Waals surface area contributed by atoms with Gasteiger partial charge in [0, 0.05) is 17.8 Å². The van der Waals surface area contributed by atoms with Gasteiger partial charge in [-0.25, -0.2) is 4.98 Å². The van der Waals surface area contributed by atoms with Crippen LogP contribution in [0, 0.1) is 0 Å². The van der Waals surface area contributed by atoms with E-state index < -0.39 is 0 Å². The molecule has 0 amide bonds. The van der Waals surface area contributed by atoms with Gasteiger partial charge in [0.2, 0.25) is 0 Å². The molecule has 1 unspecified atom stereocenters. The van der Waals surface area contributed by atoms with E-state index in [0.29, 0.717) is 0 Å². The topological polar surface area (TPSA) is 36.4 Å². The predicted molar refractivity (Wildman–Crippen MR) is 87.8 cm³/mol. The lowest BCUT2D eigenvalue weighted by Crippen LogP contribution is -2.23. The van der Waals surface area contributed by atoms with Crippen LogP contribution in [0.3, 0.4) is 0 Å². The monoisotopic (exact) mass is 304 g/mol. The summed E-state index contributed by atoms with van der Waals surface area (Å²) in [5, 5.41) is 10.2. The predicted octanol–water partition coefficient (Wildman–Crippen LogP) is 3.99. The van der Waals surface area contributed by atoms with Crippen LogP contribution in [0.1, 0.15) is 36.7 Å². The molecule has 1 aromatic carbocycles. The summed E-state index contributed by atoms with van der Waals surface area (Å²) in [4.78, 5) is 6.73. The lowest BCUT2D eigenvalue weighted by Gasteiger charge is -2.27. The van der Waals surface area contributed by atoms with Gasteiger partial charge in [-0.3, -0.25) is 0 Å². The molecule has 0 spiro atoms. The van der Waals surface area contributed by atoms with Crippen LogP contribution in [0.25, 0.3) is 0 Å². The van der Waals surface area contributed by atoms with Crippen LogP contribution in [0.15, 0.2) is 36.4 Å². The summed E-state index contributed by atoms with van der Waals surface area (Å²) in [6.07, 6.45) is 0.842. The highest BCUT2D eigenvalue weighted by Crippen LogP contribution is 2.29. The number of aliphatic hydroxyl groups is 1. The molecular formula is C17H21ClN2O. The molecule has 3 nitrogen and oxygen atoms in total. The number of rotatable bonds is 5. The highest BCUT2D eigenvalue weighted by molar-refractivity contribution is 6.31. The fourth-order valence-electron chi connectivity index (χ4n) is 2.31. The number of halogens is 1. The number of aliphatic hydroxyl groups excluding tert-OH is 1. The maximum Gasteiger partial charge on any atom is 0.129 e. The van der Waals surface area contributed by atoms with Gasteiger partial charge in [0.1, 0.15) is 5.82 Å². The molecule has 0 aliphatic heterocycles. The largest absolute Gasteiger partial charge is 0.392 e. The highest BCUT2D eigenvalue weighted by Gasteiger charge is 2.16. The molecule has 1 N–H and O–H groups in total. The molecule has 0 aliphatic carbocycles. The van der Waals surface area contributed by atoms with Gasteiger partial charge in [0.25, 0.3) is 0 Å². The number of aryl methyl sites for hydroxylation is 1. The Bertz CT molecular complexity index is 593. The third kappa shape index (κ3) is 3.55. The van der Waals surface area contributed by atoms with Crippen LogP contribution in [-0.2, 0) is 13.0 Å². The first-order valence-electron chi connectivity index (χ1n) is 7.14. The van der Waals surface area contributed by atoms with Gasteiger partial charge >= 0.3 is 0 Å². The molecule has 1 heterocycles. The second-order valence-corrected chi connectivity index (χ2v) is 5.55. The molecule has 0 saturated heterocycles. The molecule has 2 aromatic rings. The van der Waals surface area contributed by atoms with Crippen LogP contribution in [0.2, 0.25) is 5.02 Å². The SMILES string of the molecule is CCc1cc(CO)cc(N(C)C(C)c2ccccc2Cl)n1. The number of nitrogens with zero attached hydrogens (tertiary/aromatic N) is 2. The Labute approximate surface area is 131 Å². The van der Waals surface area contributed by atoms with Crippen molar-refractivity contribution in [1.29, 1.82) is 0 Å². The Kier molecular flexibility index (Phi) is 5.21. The van der Waals surface area contributed by atoms with E-state index in [1.54, 1.807) is 0 Å². The van der Waals surface area contributed by atoms with Crippen molar-refractivity contribution < 1.29 is 5.11 Å². The minimum absolute atomic E-state index is 0.0246. The second-order valence-electron chi connectivity index (χ2n) is 5.14. The quantitative estimate of drug-likeness (QED) is 0.907. The van der Waals surface area contributed by atoms with Crippen LogP contribution < -0.4 is 4.90 Å². The Morgan fingerprint density at radius 3 is 2.62 bits per heavy atom. The van der Waals surface area contributed by atoms with Gasteiger partial charge < -0.3 is 10.0 Å². The van der Waals surface area contributed by atoms with Crippen LogP contribution >= 0.6 is 11.6 Å². The lowest BCUT2D eigenvalue weighted by molar-refractivity contribution is 0.281. The zero-order valence-electron chi connectivity index (χ0n) is 12.7. The van der Waals surface area contributed by atoms with Crippen molar-refractivity contribution in [2.24, 2.45) is 0 Å². The first kappa shape index (κ1) is 15.8. The summed E-state index contributed by atoms with van der Waals surface area (Å²) in [5.74, 6) is 0.853. The van der Waals surface area contributed by atoms with Gasteiger partial charge in [-0.05, 0) is 42.7 Å². The van der Waals surface area contributed by atoms with Crippen molar-refractivity contribution >= 4 is 17.4 Å². The van der Waals surface area contributed by atoms with Crippen molar-refractivity contribution in [3.05, 3.63) is 58.2 Å². The third-order valence-electron chi connectivity index (χ3n) is 3.77. The van der Waals surface area contributed by atoms with E-state index in [-0.39, 0.29) is 12.6 Å². The van der Waals surface area contributed by atoms with Crippen molar-refractivity contribution in [2.75, 3.05) is 11.9 Å². The first-order chi connectivity index (χ1) is 10.1. The molecule has 0 aliphatic rings. The van der Waals surface area contributed by atoms with Crippen molar-refractivity contribution in [3.63, 3.8) is 0 Å². The van der Waals surface area contributed by atoms with E-state index >= 15 is 0 Å². The maximum absolute atomic E-state index is 9.40. The van der Waals surface area contributed by atoms with Gasteiger partial charge in [-0.1, -0.05) is 36.7 Å². The number of anilines is 1. The number of pyridine rings is 1. The molecule has 2 rings (SSSR count).